The van der Waals surface area contributed by atoms with Crippen LogP contribution in [-0.4, -0.2) is 215 Å². The summed E-state index contributed by atoms with van der Waals surface area (Å²) in [5.41, 5.74) is 0. The molecule has 18 atom stereocenters. The fourth-order valence-electron chi connectivity index (χ4n) is 12.7. The quantitative estimate of drug-likeness (QED) is 0.0288. The highest BCUT2D eigenvalue weighted by Gasteiger charge is 2.60. The summed E-state index contributed by atoms with van der Waals surface area (Å²) in [6.45, 7) is 2.22. The zero-order valence-corrected chi connectivity index (χ0v) is 55.3. The van der Waals surface area contributed by atoms with Crippen molar-refractivity contribution in [2.45, 2.75) is 381 Å². The Morgan fingerprint density at radius 2 is 0.967 bits per heavy atom. The molecule has 14 N–H and O–H groups in total. The largest absolute Gasteiger partial charge is 0.477 e. The monoisotopic (exact) mass is 1290 g/mol. The van der Waals surface area contributed by atoms with E-state index in [0.29, 0.717) is 19.3 Å². The number of hydrogen-bond donors (Lipinski definition) is 14. The van der Waals surface area contributed by atoms with Gasteiger partial charge in [0.05, 0.1) is 50.7 Å². The van der Waals surface area contributed by atoms with Crippen molar-refractivity contribution in [2.75, 3.05) is 26.4 Å². The van der Waals surface area contributed by atoms with Gasteiger partial charge in [0.25, 0.3) is 5.79 Å². The Kier molecular flexibility index (Phi) is 44.1. The average molecular weight is 1300 g/mol. The predicted octanol–water partition coefficient (Wildman–Crippen LogP) is 6.51. The Bertz CT molecular complexity index is 1830. The maximum atomic E-state index is 13.5. The third-order valence-electron chi connectivity index (χ3n) is 18.3. The lowest BCUT2D eigenvalue weighted by Crippen LogP contribution is -2.70. The standard InChI is InChI=1S/C67H126N2O21/c1-4-6-8-10-12-14-16-18-19-20-21-22-23-24-25-26-27-29-31-33-35-37-39-41-54(77)69-48(49(74)40-38-36-34-32-30-28-17-15-13-11-9-7-5-2)46-85-64-59(81)58(80)61(53(45-72)87-64)88-65-60(82)63(57(79)52(44-71)86-65)90-67(66(83)84)42-50(75)55(68-47(3)73)62(89-67)56(78)51(76)43-70/h48-53,55-65,70-72,74-76,78-82H,4-46H2,1-3H3,(H,68,73)(H,69,77)(H,83,84)/t48-,49+,50-,51+,52+,53+,55+,56+,57-,58+,59+,60+,61+,62?,63-,64+,65-,67-/m0/s1. The number of carboxylic acid groups (broad SMARTS) is 1. The molecule has 1 unspecified atom stereocenters. The molecule has 2 amide bonds. The molecule has 0 spiro atoms. The van der Waals surface area contributed by atoms with Crippen molar-refractivity contribution in [3.05, 3.63) is 0 Å². The molecule has 23 nitrogen and oxygen atoms in total. The summed E-state index contributed by atoms with van der Waals surface area (Å²) in [4.78, 5) is 38.5. The van der Waals surface area contributed by atoms with E-state index in [2.05, 4.69) is 24.5 Å². The molecule has 3 aliphatic heterocycles. The summed E-state index contributed by atoms with van der Waals surface area (Å²) in [6.07, 6.45) is 15.4. The number of carbonyl (C=O) groups is 3. The first-order chi connectivity index (χ1) is 43.4. The number of carbonyl (C=O) groups excluding carboxylic acids is 2. The van der Waals surface area contributed by atoms with Crippen LogP contribution in [0.15, 0.2) is 0 Å². The molecule has 3 heterocycles. The molecule has 3 saturated heterocycles. The summed E-state index contributed by atoms with van der Waals surface area (Å²) in [7, 11) is 0. The molecule has 0 aliphatic carbocycles. The van der Waals surface area contributed by atoms with Crippen molar-refractivity contribution < 1.29 is 104 Å². The van der Waals surface area contributed by atoms with Gasteiger partial charge in [0, 0.05) is 19.8 Å². The van der Waals surface area contributed by atoms with Crippen LogP contribution in [0.1, 0.15) is 271 Å². The lowest BCUT2D eigenvalue weighted by molar-refractivity contribution is -0.386. The highest BCUT2D eigenvalue weighted by molar-refractivity contribution is 5.77. The van der Waals surface area contributed by atoms with Crippen LogP contribution in [-0.2, 0) is 42.8 Å². The highest BCUT2D eigenvalue weighted by atomic mass is 16.8. The van der Waals surface area contributed by atoms with Gasteiger partial charge in [0.2, 0.25) is 11.8 Å². The molecule has 3 rings (SSSR count). The first-order valence-corrected chi connectivity index (χ1v) is 35.4. The predicted molar refractivity (Wildman–Crippen MR) is 339 cm³/mol. The van der Waals surface area contributed by atoms with Crippen LogP contribution in [0.4, 0.5) is 0 Å². The molecule has 0 bridgehead atoms. The Morgan fingerprint density at radius 3 is 1.39 bits per heavy atom. The van der Waals surface area contributed by atoms with E-state index in [1.165, 1.54) is 173 Å². The average Bonchev–Trinajstić information content (AvgIpc) is 0.889. The second-order valence-electron chi connectivity index (χ2n) is 26.1. The molecular weight excluding hydrogens is 1170 g/mol. The van der Waals surface area contributed by atoms with Crippen molar-refractivity contribution >= 4 is 17.8 Å². The maximum absolute atomic E-state index is 13.5. The molecule has 3 aliphatic rings. The number of nitrogens with one attached hydrogen (secondary N) is 2. The molecule has 0 radical (unpaired) electrons. The third-order valence-corrected chi connectivity index (χ3v) is 18.3. The van der Waals surface area contributed by atoms with Crippen LogP contribution in [0.5, 0.6) is 0 Å². The van der Waals surface area contributed by atoms with Gasteiger partial charge in [-0.15, -0.1) is 0 Å². The SMILES string of the molecule is CCCCCCCCCCCCCCCCCCCCCCCCCC(=O)N[C@@H](CO[C@@H]1O[C@H](CO)[C@@H](O[C@@H]2O[C@H](CO)[C@H](O)[C@H](O[C@]3(C(=O)O)C[C@H](O)[C@@H](NC(C)=O)C([C@H](O)[C@H](O)CO)O3)[C@H]2O)[C@H](O)[C@H]1O)[C@H](O)CCCCCCCCCCCCCCC. The number of aliphatic hydroxyl groups excluding tert-OH is 11. The van der Waals surface area contributed by atoms with Gasteiger partial charge in [0.15, 0.2) is 12.6 Å². The van der Waals surface area contributed by atoms with Gasteiger partial charge in [-0.1, -0.05) is 239 Å². The van der Waals surface area contributed by atoms with Gasteiger partial charge in [-0.2, -0.15) is 0 Å². The van der Waals surface area contributed by atoms with Crippen molar-refractivity contribution in [1.29, 1.82) is 0 Å². The van der Waals surface area contributed by atoms with E-state index < -0.39 is 148 Å². The number of amides is 2. The summed E-state index contributed by atoms with van der Waals surface area (Å²) >= 11 is 0. The van der Waals surface area contributed by atoms with E-state index in [0.717, 1.165) is 51.9 Å². The van der Waals surface area contributed by atoms with Crippen LogP contribution in [0.2, 0.25) is 0 Å². The lowest BCUT2D eigenvalue weighted by atomic mass is 9.88. The van der Waals surface area contributed by atoms with E-state index in [-0.39, 0.29) is 18.9 Å². The first kappa shape index (κ1) is 82.0. The number of rotatable bonds is 54. The fraction of sp³-hybridized carbons (Fsp3) is 0.955. The maximum Gasteiger partial charge on any atom is 0.364 e. The minimum Gasteiger partial charge on any atom is -0.477 e. The zero-order chi connectivity index (χ0) is 66.1. The van der Waals surface area contributed by atoms with Gasteiger partial charge >= 0.3 is 5.97 Å². The van der Waals surface area contributed by atoms with Gasteiger partial charge in [0.1, 0.15) is 67.1 Å². The summed E-state index contributed by atoms with van der Waals surface area (Å²) in [5, 5.41) is 136. The Labute approximate surface area is 538 Å². The zero-order valence-electron chi connectivity index (χ0n) is 55.3. The topological polar surface area (TPSA) is 373 Å². The molecule has 3 fully saturated rings. The van der Waals surface area contributed by atoms with Gasteiger partial charge in [-0.25, -0.2) is 4.79 Å². The Morgan fingerprint density at radius 1 is 0.533 bits per heavy atom. The molecule has 23 heteroatoms. The smallest absolute Gasteiger partial charge is 0.364 e. The highest BCUT2D eigenvalue weighted by Crippen LogP contribution is 2.39. The first-order valence-electron chi connectivity index (χ1n) is 35.4. The van der Waals surface area contributed by atoms with E-state index in [4.69, 9.17) is 28.4 Å². The van der Waals surface area contributed by atoms with Crippen molar-refractivity contribution in [3.63, 3.8) is 0 Å². The molecule has 530 valence electrons. The van der Waals surface area contributed by atoms with Crippen LogP contribution in [0, 0.1) is 0 Å². The number of ether oxygens (including phenoxy) is 6. The lowest BCUT2D eigenvalue weighted by Gasteiger charge is -2.50. The van der Waals surface area contributed by atoms with E-state index in [9.17, 15) is 75.7 Å². The minimum atomic E-state index is -3.08. The number of hydrogen-bond acceptors (Lipinski definition) is 20. The van der Waals surface area contributed by atoms with Crippen LogP contribution < -0.4 is 10.6 Å². The molecular formula is C67H126N2O21. The van der Waals surface area contributed by atoms with Crippen molar-refractivity contribution in [1.82, 2.24) is 10.6 Å². The fourth-order valence-corrected chi connectivity index (χ4v) is 12.7. The molecule has 0 aromatic heterocycles. The normalized spacial score (nSPS) is 28.5. The summed E-state index contributed by atoms with van der Waals surface area (Å²) < 4.78 is 34.8. The number of carboxylic acids is 1. The Hall–Kier alpha value is -2.27. The summed E-state index contributed by atoms with van der Waals surface area (Å²) in [6, 6.07) is -2.52. The van der Waals surface area contributed by atoms with E-state index in [1.807, 2.05) is 0 Å². The van der Waals surface area contributed by atoms with E-state index >= 15 is 0 Å². The van der Waals surface area contributed by atoms with E-state index in [1.54, 1.807) is 0 Å². The summed E-state index contributed by atoms with van der Waals surface area (Å²) in [5.74, 6) is -6.09. The second kappa shape index (κ2) is 48.4. The molecule has 0 saturated carbocycles. The minimum absolute atomic E-state index is 0.229. The molecule has 0 aromatic rings. The second-order valence-corrected chi connectivity index (χ2v) is 26.1. The Balaban J connectivity index is 1.56. The van der Waals surface area contributed by atoms with Gasteiger partial charge in [-0.05, 0) is 12.8 Å². The van der Waals surface area contributed by atoms with Crippen LogP contribution >= 0.6 is 0 Å². The van der Waals surface area contributed by atoms with Crippen molar-refractivity contribution in [3.8, 4) is 0 Å². The van der Waals surface area contributed by atoms with Crippen LogP contribution in [0.25, 0.3) is 0 Å². The number of unbranched alkanes of at least 4 members (excludes halogenated alkanes) is 34. The van der Waals surface area contributed by atoms with Gasteiger partial charge in [-0.3, -0.25) is 9.59 Å². The van der Waals surface area contributed by atoms with Crippen molar-refractivity contribution in [2.24, 2.45) is 0 Å². The number of aliphatic hydroxyl groups is 11. The molecule has 90 heavy (non-hydrogen) atoms. The van der Waals surface area contributed by atoms with Gasteiger partial charge < -0.3 is 100 Å². The third kappa shape index (κ3) is 30.6. The molecule has 0 aromatic carbocycles. The van der Waals surface area contributed by atoms with Crippen LogP contribution in [0.3, 0.4) is 0 Å². The number of aliphatic carboxylic acids is 1.